The minimum atomic E-state index is 0.0948. The maximum Gasteiger partial charge on any atom is 0.161 e. The summed E-state index contributed by atoms with van der Waals surface area (Å²) in [5.41, 5.74) is 0.0948. The van der Waals surface area contributed by atoms with Gasteiger partial charge in [0, 0.05) is 6.61 Å². The van der Waals surface area contributed by atoms with Gasteiger partial charge < -0.3 is 14.6 Å². The number of para-hydroxylation sites is 2. The molecule has 1 aromatic rings. The fourth-order valence-electron chi connectivity index (χ4n) is 1.95. The second kappa shape index (κ2) is 7.39. The van der Waals surface area contributed by atoms with Crippen molar-refractivity contribution in [3.8, 4) is 11.5 Å². The molecule has 0 heterocycles. The van der Waals surface area contributed by atoms with Gasteiger partial charge in [0.25, 0.3) is 0 Å². The monoisotopic (exact) mass is 266 g/mol. The van der Waals surface area contributed by atoms with Gasteiger partial charge in [-0.25, -0.2) is 0 Å². The second-order valence-corrected chi connectivity index (χ2v) is 5.76. The van der Waals surface area contributed by atoms with E-state index in [4.69, 9.17) is 9.47 Å². The Morgan fingerprint density at radius 2 is 1.68 bits per heavy atom. The number of aliphatic hydroxyl groups is 1. The molecular formula is C16H26O3. The summed E-state index contributed by atoms with van der Waals surface area (Å²) in [6.45, 7) is 9.79. The van der Waals surface area contributed by atoms with Gasteiger partial charge in [0.05, 0.1) is 13.2 Å². The molecule has 0 fully saturated rings. The van der Waals surface area contributed by atoms with E-state index in [1.54, 1.807) is 0 Å². The molecule has 0 aliphatic heterocycles. The lowest BCUT2D eigenvalue weighted by Gasteiger charge is -2.29. The summed E-state index contributed by atoms with van der Waals surface area (Å²) in [6, 6.07) is 7.69. The van der Waals surface area contributed by atoms with Crippen molar-refractivity contribution in [2.24, 2.45) is 11.3 Å². The van der Waals surface area contributed by atoms with Gasteiger partial charge in [0.2, 0.25) is 0 Å². The molecule has 3 heteroatoms. The van der Waals surface area contributed by atoms with Crippen molar-refractivity contribution in [1.82, 2.24) is 0 Å². The predicted molar refractivity (Wildman–Crippen MR) is 77.8 cm³/mol. The molecule has 3 nitrogen and oxygen atoms in total. The van der Waals surface area contributed by atoms with Crippen LogP contribution in [-0.2, 0) is 0 Å². The summed E-state index contributed by atoms with van der Waals surface area (Å²) in [5, 5.41) is 9.42. The number of hydrogen-bond donors (Lipinski definition) is 1. The minimum absolute atomic E-state index is 0.0948. The van der Waals surface area contributed by atoms with E-state index in [9.17, 15) is 5.11 Å². The SMILES string of the molecule is CCOc1ccccc1OCCC(CO)C(C)(C)C. The average Bonchev–Trinajstić information content (AvgIpc) is 2.35. The van der Waals surface area contributed by atoms with E-state index in [-0.39, 0.29) is 17.9 Å². The average molecular weight is 266 g/mol. The lowest BCUT2D eigenvalue weighted by atomic mass is 9.79. The van der Waals surface area contributed by atoms with Crippen LogP contribution in [0.3, 0.4) is 0 Å². The van der Waals surface area contributed by atoms with Crippen LogP contribution in [0.1, 0.15) is 34.1 Å². The summed E-state index contributed by atoms with van der Waals surface area (Å²) >= 11 is 0. The molecule has 1 aromatic carbocycles. The van der Waals surface area contributed by atoms with E-state index in [2.05, 4.69) is 20.8 Å². The molecule has 0 radical (unpaired) electrons. The van der Waals surface area contributed by atoms with Gasteiger partial charge in [0.15, 0.2) is 11.5 Å². The molecule has 0 saturated heterocycles. The highest BCUT2D eigenvalue weighted by atomic mass is 16.5. The number of benzene rings is 1. The van der Waals surface area contributed by atoms with Crippen molar-refractivity contribution in [2.45, 2.75) is 34.1 Å². The van der Waals surface area contributed by atoms with Crippen molar-refractivity contribution in [2.75, 3.05) is 19.8 Å². The van der Waals surface area contributed by atoms with Crippen molar-refractivity contribution in [3.63, 3.8) is 0 Å². The number of hydrogen-bond acceptors (Lipinski definition) is 3. The largest absolute Gasteiger partial charge is 0.490 e. The van der Waals surface area contributed by atoms with Gasteiger partial charge in [-0.1, -0.05) is 32.9 Å². The van der Waals surface area contributed by atoms with Gasteiger partial charge >= 0.3 is 0 Å². The molecule has 1 unspecified atom stereocenters. The highest BCUT2D eigenvalue weighted by molar-refractivity contribution is 5.39. The first-order valence-corrected chi connectivity index (χ1v) is 6.94. The first-order chi connectivity index (χ1) is 8.99. The lowest BCUT2D eigenvalue weighted by Crippen LogP contribution is -2.25. The van der Waals surface area contributed by atoms with Crippen LogP contribution in [0.4, 0.5) is 0 Å². The van der Waals surface area contributed by atoms with E-state index in [0.29, 0.717) is 13.2 Å². The molecule has 1 N–H and O–H groups in total. The Kier molecular flexibility index (Phi) is 6.16. The topological polar surface area (TPSA) is 38.7 Å². The van der Waals surface area contributed by atoms with Gasteiger partial charge in [-0.3, -0.25) is 0 Å². The maximum absolute atomic E-state index is 9.42. The fraction of sp³-hybridized carbons (Fsp3) is 0.625. The van der Waals surface area contributed by atoms with E-state index < -0.39 is 0 Å². The number of ether oxygens (including phenoxy) is 2. The first kappa shape index (κ1) is 15.8. The molecule has 1 rings (SSSR count). The molecule has 0 spiro atoms. The summed E-state index contributed by atoms with van der Waals surface area (Å²) in [6.07, 6.45) is 0.834. The molecule has 0 saturated carbocycles. The van der Waals surface area contributed by atoms with E-state index in [1.165, 1.54) is 0 Å². The zero-order valence-corrected chi connectivity index (χ0v) is 12.5. The Labute approximate surface area is 116 Å². The highest BCUT2D eigenvalue weighted by Crippen LogP contribution is 2.30. The van der Waals surface area contributed by atoms with Crippen molar-refractivity contribution in [3.05, 3.63) is 24.3 Å². The molecule has 1 atom stereocenters. The van der Waals surface area contributed by atoms with Crippen LogP contribution >= 0.6 is 0 Å². The maximum atomic E-state index is 9.42. The Bertz CT molecular complexity index is 369. The standard InChI is InChI=1S/C16H26O3/c1-5-18-14-8-6-7-9-15(14)19-11-10-13(12-17)16(2,3)4/h6-9,13,17H,5,10-12H2,1-4H3. The number of aliphatic hydroxyl groups excluding tert-OH is 1. The smallest absolute Gasteiger partial charge is 0.161 e. The summed E-state index contributed by atoms with van der Waals surface area (Å²) in [4.78, 5) is 0. The van der Waals surface area contributed by atoms with Crippen molar-refractivity contribution in [1.29, 1.82) is 0 Å². The van der Waals surface area contributed by atoms with Crippen LogP contribution in [0.5, 0.6) is 11.5 Å². The zero-order valence-electron chi connectivity index (χ0n) is 12.5. The fourth-order valence-corrected chi connectivity index (χ4v) is 1.95. The molecule has 108 valence electrons. The van der Waals surface area contributed by atoms with Crippen LogP contribution in [0.25, 0.3) is 0 Å². The quantitative estimate of drug-likeness (QED) is 0.820. The molecule has 0 aliphatic carbocycles. The third-order valence-electron chi connectivity index (χ3n) is 3.32. The Morgan fingerprint density at radius 3 is 2.16 bits per heavy atom. The van der Waals surface area contributed by atoms with Crippen LogP contribution in [0.15, 0.2) is 24.3 Å². The molecule has 0 bridgehead atoms. The first-order valence-electron chi connectivity index (χ1n) is 6.94. The van der Waals surface area contributed by atoms with Gasteiger partial charge in [0.1, 0.15) is 0 Å². The second-order valence-electron chi connectivity index (χ2n) is 5.76. The van der Waals surface area contributed by atoms with Gasteiger partial charge in [-0.05, 0) is 36.8 Å². The highest BCUT2D eigenvalue weighted by Gasteiger charge is 2.23. The van der Waals surface area contributed by atoms with Crippen molar-refractivity contribution < 1.29 is 14.6 Å². The van der Waals surface area contributed by atoms with Gasteiger partial charge in [-0.15, -0.1) is 0 Å². The lowest BCUT2D eigenvalue weighted by molar-refractivity contribution is 0.106. The molecular weight excluding hydrogens is 240 g/mol. The Morgan fingerprint density at radius 1 is 1.11 bits per heavy atom. The van der Waals surface area contributed by atoms with E-state index in [1.807, 2.05) is 31.2 Å². The number of rotatable bonds is 7. The van der Waals surface area contributed by atoms with Crippen LogP contribution in [0.2, 0.25) is 0 Å². The van der Waals surface area contributed by atoms with Crippen LogP contribution in [0, 0.1) is 11.3 Å². The summed E-state index contributed by atoms with van der Waals surface area (Å²) in [7, 11) is 0. The van der Waals surface area contributed by atoms with E-state index in [0.717, 1.165) is 17.9 Å². The normalized spacial score (nSPS) is 13.1. The molecule has 0 aromatic heterocycles. The summed E-state index contributed by atoms with van der Waals surface area (Å²) < 4.78 is 11.3. The Hall–Kier alpha value is -1.22. The third kappa shape index (κ3) is 5.11. The Balaban J connectivity index is 2.53. The molecule has 19 heavy (non-hydrogen) atoms. The van der Waals surface area contributed by atoms with Crippen LogP contribution in [-0.4, -0.2) is 24.9 Å². The minimum Gasteiger partial charge on any atom is -0.490 e. The van der Waals surface area contributed by atoms with Crippen LogP contribution < -0.4 is 9.47 Å². The predicted octanol–water partition coefficient (Wildman–Crippen LogP) is 3.51. The zero-order chi connectivity index (χ0) is 14.3. The molecule has 0 aliphatic rings. The third-order valence-corrected chi connectivity index (χ3v) is 3.32. The van der Waals surface area contributed by atoms with E-state index >= 15 is 0 Å². The molecule has 0 amide bonds. The van der Waals surface area contributed by atoms with Crippen molar-refractivity contribution >= 4 is 0 Å². The van der Waals surface area contributed by atoms with Gasteiger partial charge in [-0.2, -0.15) is 0 Å². The summed E-state index contributed by atoms with van der Waals surface area (Å²) in [5.74, 6) is 1.79.